The zero-order valence-electron chi connectivity index (χ0n) is 12.5. The van der Waals surface area contributed by atoms with Gasteiger partial charge in [-0.3, -0.25) is 4.79 Å². The van der Waals surface area contributed by atoms with Gasteiger partial charge in [0.2, 0.25) is 0 Å². The summed E-state index contributed by atoms with van der Waals surface area (Å²) < 4.78 is 5.56. The minimum atomic E-state index is -0.287. The fourth-order valence-electron chi connectivity index (χ4n) is 1.85. The molecule has 1 amide bonds. The molecule has 0 aliphatic heterocycles. The SMILES string of the molecule is CCCCOc1ccc(C(=O)Nc2cc(Cl)c(Cl)cc2Cl)cc1. The lowest BCUT2D eigenvalue weighted by molar-refractivity contribution is 0.102. The molecule has 0 atom stereocenters. The molecule has 2 aromatic carbocycles. The number of rotatable bonds is 6. The molecule has 2 rings (SSSR count). The third kappa shape index (κ3) is 5.03. The number of hydrogen-bond donors (Lipinski definition) is 1. The molecule has 1 N–H and O–H groups in total. The first-order valence-corrected chi connectivity index (χ1v) is 8.33. The van der Waals surface area contributed by atoms with Crippen molar-refractivity contribution < 1.29 is 9.53 Å². The number of carbonyl (C=O) groups is 1. The van der Waals surface area contributed by atoms with Crippen LogP contribution in [0.15, 0.2) is 36.4 Å². The summed E-state index contributed by atoms with van der Waals surface area (Å²) >= 11 is 17.9. The Labute approximate surface area is 150 Å². The van der Waals surface area contributed by atoms with E-state index in [0.717, 1.165) is 18.6 Å². The van der Waals surface area contributed by atoms with E-state index in [1.165, 1.54) is 12.1 Å². The second kappa shape index (κ2) is 8.44. The number of halogens is 3. The van der Waals surface area contributed by atoms with E-state index < -0.39 is 0 Å². The Kier molecular flexibility index (Phi) is 6.58. The Hall–Kier alpha value is -1.42. The first-order valence-electron chi connectivity index (χ1n) is 7.20. The highest BCUT2D eigenvalue weighted by molar-refractivity contribution is 6.44. The number of unbranched alkanes of at least 4 members (excludes halogenated alkanes) is 1. The van der Waals surface area contributed by atoms with Gasteiger partial charge in [0.15, 0.2) is 0 Å². The Balaban J connectivity index is 2.05. The second-order valence-corrected chi connectivity index (χ2v) is 6.15. The maximum absolute atomic E-state index is 12.2. The zero-order chi connectivity index (χ0) is 16.8. The molecule has 2 aromatic rings. The predicted octanol–water partition coefficient (Wildman–Crippen LogP) is 6.08. The Bertz CT molecular complexity index is 687. The van der Waals surface area contributed by atoms with Gasteiger partial charge in [-0.05, 0) is 42.8 Å². The van der Waals surface area contributed by atoms with Crippen molar-refractivity contribution in [1.29, 1.82) is 0 Å². The second-order valence-electron chi connectivity index (χ2n) is 4.93. The van der Waals surface area contributed by atoms with Crippen LogP contribution in [0.2, 0.25) is 15.1 Å². The van der Waals surface area contributed by atoms with E-state index in [4.69, 9.17) is 39.5 Å². The van der Waals surface area contributed by atoms with Crippen molar-refractivity contribution in [3.05, 3.63) is 57.0 Å². The van der Waals surface area contributed by atoms with Crippen LogP contribution in [0.25, 0.3) is 0 Å². The highest BCUT2D eigenvalue weighted by atomic mass is 35.5. The maximum atomic E-state index is 12.2. The molecule has 0 bridgehead atoms. The van der Waals surface area contributed by atoms with E-state index in [-0.39, 0.29) is 5.91 Å². The van der Waals surface area contributed by atoms with Crippen molar-refractivity contribution in [3.8, 4) is 5.75 Å². The van der Waals surface area contributed by atoms with Crippen LogP contribution >= 0.6 is 34.8 Å². The summed E-state index contributed by atoms with van der Waals surface area (Å²) in [6.07, 6.45) is 2.07. The van der Waals surface area contributed by atoms with Crippen LogP contribution in [-0.4, -0.2) is 12.5 Å². The molecule has 0 fully saturated rings. The number of nitrogens with one attached hydrogen (secondary N) is 1. The number of amides is 1. The van der Waals surface area contributed by atoms with Crippen LogP contribution in [0, 0.1) is 0 Å². The van der Waals surface area contributed by atoms with Crippen molar-refractivity contribution in [2.45, 2.75) is 19.8 Å². The third-order valence-corrected chi connectivity index (χ3v) is 4.18. The average Bonchev–Trinajstić information content (AvgIpc) is 2.53. The lowest BCUT2D eigenvalue weighted by Gasteiger charge is -2.10. The van der Waals surface area contributed by atoms with E-state index in [0.29, 0.717) is 32.9 Å². The van der Waals surface area contributed by atoms with Crippen LogP contribution in [0.1, 0.15) is 30.1 Å². The van der Waals surface area contributed by atoms with Gasteiger partial charge in [-0.1, -0.05) is 48.1 Å². The molecule has 0 unspecified atom stereocenters. The molecule has 0 radical (unpaired) electrons. The van der Waals surface area contributed by atoms with Gasteiger partial charge in [0, 0.05) is 5.56 Å². The molecular weight excluding hydrogens is 357 g/mol. The fourth-order valence-corrected chi connectivity index (χ4v) is 2.44. The largest absolute Gasteiger partial charge is 0.494 e. The number of ether oxygens (including phenoxy) is 1. The maximum Gasteiger partial charge on any atom is 0.255 e. The quantitative estimate of drug-likeness (QED) is 0.493. The molecule has 0 saturated carbocycles. The van der Waals surface area contributed by atoms with Gasteiger partial charge in [-0.15, -0.1) is 0 Å². The van der Waals surface area contributed by atoms with Gasteiger partial charge in [0.25, 0.3) is 5.91 Å². The summed E-state index contributed by atoms with van der Waals surface area (Å²) in [5.41, 5.74) is 0.907. The summed E-state index contributed by atoms with van der Waals surface area (Å²) in [5.74, 6) is 0.452. The molecule has 0 aliphatic rings. The molecule has 3 nitrogen and oxygen atoms in total. The van der Waals surface area contributed by atoms with Gasteiger partial charge in [-0.2, -0.15) is 0 Å². The minimum absolute atomic E-state index is 0.287. The standard InChI is InChI=1S/C17H16Cl3NO2/c1-2-3-8-23-12-6-4-11(5-7-12)17(22)21-16-10-14(19)13(18)9-15(16)20/h4-7,9-10H,2-3,8H2,1H3,(H,21,22). The van der Waals surface area contributed by atoms with E-state index in [1.54, 1.807) is 24.3 Å². The van der Waals surface area contributed by atoms with Gasteiger partial charge >= 0.3 is 0 Å². The Morgan fingerprint density at radius 2 is 1.70 bits per heavy atom. The predicted molar refractivity (Wildman–Crippen MR) is 96.3 cm³/mol. The first-order chi connectivity index (χ1) is 11.0. The lowest BCUT2D eigenvalue weighted by atomic mass is 10.2. The summed E-state index contributed by atoms with van der Waals surface area (Å²) in [5, 5.41) is 3.70. The monoisotopic (exact) mass is 371 g/mol. The highest BCUT2D eigenvalue weighted by Gasteiger charge is 2.11. The molecular formula is C17H16Cl3NO2. The molecule has 0 spiro atoms. The van der Waals surface area contributed by atoms with Crippen molar-refractivity contribution in [3.63, 3.8) is 0 Å². The van der Waals surface area contributed by atoms with E-state index in [1.807, 2.05) is 0 Å². The average molecular weight is 373 g/mol. The van der Waals surface area contributed by atoms with E-state index in [9.17, 15) is 4.79 Å². The van der Waals surface area contributed by atoms with Gasteiger partial charge in [0.05, 0.1) is 27.4 Å². The number of carbonyl (C=O) groups excluding carboxylic acids is 1. The van der Waals surface area contributed by atoms with Crippen molar-refractivity contribution >= 4 is 46.4 Å². The Morgan fingerprint density at radius 1 is 1.04 bits per heavy atom. The van der Waals surface area contributed by atoms with Crippen molar-refractivity contribution in [2.75, 3.05) is 11.9 Å². The van der Waals surface area contributed by atoms with Crippen LogP contribution < -0.4 is 10.1 Å². The number of anilines is 1. The van der Waals surface area contributed by atoms with Gasteiger partial charge in [-0.25, -0.2) is 0 Å². The Morgan fingerprint density at radius 3 is 2.35 bits per heavy atom. The smallest absolute Gasteiger partial charge is 0.255 e. The molecule has 23 heavy (non-hydrogen) atoms. The highest BCUT2D eigenvalue weighted by Crippen LogP contribution is 2.32. The molecule has 0 aromatic heterocycles. The molecule has 0 heterocycles. The normalized spacial score (nSPS) is 10.4. The molecule has 122 valence electrons. The summed E-state index contributed by atoms with van der Waals surface area (Å²) in [6, 6.07) is 9.93. The lowest BCUT2D eigenvalue weighted by Crippen LogP contribution is -2.12. The van der Waals surface area contributed by atoms with Crippen LogP contribution in [0.5, 0.6) is 5.75 Å². The topological polar surface area (TPSA) is 38.3 Å². The number of benzene rings is 2. The van der Waals surface area contributed by atoms with Crippen LogP contribution in [-0.2, 0) is 0 Å². The summed E-state index contributed by atoms with van der Waals surface area (Å²) in [4.78, 5) is 12.2. The third-order valence-electron chi connectivity index (χ3n) is 3.14. The minimum Gasteiger partial charge on any atom is -0.494 e. The summed E-state index contributed by atoms with van der Waals surface area (Å²) in [7, 11) is 0. The zero-order valence-corrected chi connectivity index (χ0v) is 14.8. The van der Waals surface area contributed by atoms with E-state index in [2.05, 4.69) is 12.2 Å². The molecule has 0 aliphatic carbocycles. The van der Waals surface area contributed by atoms with Crippen molar-refractivity contribution in [2.24, 2.45) is 0 Å². The van der Waals surface area contributed by atoms with Crippen molar-refractivity contribution in [1.82, 2.24) is 0 Å². The van der Waals surface area contributed by atoms with Crippen LogP contribution in [0.3, 0.4) is 0 Å². The first kappa shape index (κ1) is 17.9. The molecule has 6 heteroatoms. The summed E-state index contributed by atoms with van der Waals surface area (Å²) in [6.45, 7) is 2.77. The molecule has 0 saturated heterocycles. The fraction of sp³-hybridized carbons (Fsp3) is 0.235. The number of hydrogen-bond acceptors (Lipinski definition) is 2. The van der Waals surface area contributed by atoms with Gasteiger partial charge < -0.3 is 10.1 Å². The van der Waals surface area contributed by atoms with E-state index >= 15 is 0 Å². The van der Waals surface area contributed by atoms with Crippen LogP contribution in [0.4, 0.5) is 5.69 Å². The van der Waals surface area contributed by atoms with Gasteiger partial charge in [0.1, 0.15) is 5.75 Å².